The van der Waals surface area contributed by atoms with Crippen LogP contribution in [0.5, 0.6) is 0 Å². The van der Waals surface area contributed by atoms with E-state index < -0.39 is 0 Å². The summed E-state index contributed by atoms with van der Waals surface area (Å²) in [5, 5.41) is 3.29. The number of aromatic nitrogens is 4. The quantitative estimate of drug-likeness (QED) is 0.811. The number of allylic oxidation sites excluding steroid dienone is 2. The lowest BCUT2D eigenvalue weighted by molar-refractivity contribution is 0.866. The minimum Gasteiger partial charge on any atom is -0.367 e. The Labute approximate surface area is 92.3 Å². The topological polar surface area (TPSA) is 66.5 Å². The number of aromatic amines is 1. The van der Waals surface area contributed by atoms with Gasteiger partial charge in [-0.3, -0.25) is 0 Å². The molecular weight excluding hydrogens is 202 g/mol. The summed E-state index contributed by atoms with van der Waals surface area (Å²) in [6, 6.07) is 0. The van der Waals surface area contributed by atoms with Gasteiger partial charge in [-0.2, -0.15) is 0 Å². The van der Waals surface area contributed by atoms with Crippen LogP contribution >= 0.6 is 0 Å². The Morgan fingerprint density at radius 2 is 2.06 bits per heavy atom. The number of nitrogens with zero attached hydrogens (tertiary/aromatic N) is 3. The summed E-state index contributed by atoms with van der Waals surface area (Å²) < 4.78 is 0. The lowest BCUT2D eigenvalue weighted by Crippen LogP contribution is -2.10. The van der Waals surface area contributed by atoms with E-state index in [1.54, 1.807) is 6.33 Å². The molecule has 0 fully saturated rings. The van der Waals surface area contributed by atoms with Gasteiger partial charge in [0.15, 0.2) is 11.5 Å². The van der Waals surface area contributed by atoms with Crippen molar-refractivity contribution in [1.29, 1.82) is 0 Å². The Morgan fingerprint density at radius 1 is 1.19 bits per heavy atom. The minimum atomic E-state index is 0.438. The second-order valence-corrected chi connectivity index (χ2v) is 3.64. The number of rotatable bonds is 3. The molecule has 0 aliphatic heterocycles. The third-order valence-corrected chi connectivity index (χ3v) is 2.56. The van der Waals surface area contributed by atoms with E-state index in [0.717, 1.165) is 17.9 Å². The number of hydrogen-bond acceptors (Lipinski definition) is 4. The molecule has 5 nitrogen and oxygen atoms in total. The fraction of sp³-hybridized carbons (Fsp3) is 0.182. The van der Waals surface area contributed by atoms with Gasteiger partial charge in [-0.05, 0) is 0 Å². The zero-order valence-corrected chi connectivity index (χ0v) is 8.59. The second-order valence-electron chi connectivity index (χ2n) is 3.64. The summed E-state index contributed by atoms with van der Waals surface area (Å²) >= 11 is 0. The van der Waals surface area contributed by atoms with E-state index >= 15 is 0 Å². The smallest absolute Gasteiger partial charge is 0.182 e. The van der Waals surface area contributed by atoms with E-state index in [0.29, 0.717) is 11.6 Å². The lowest BCUT2D eigenvalue weighted by Gasteiger charge is -2.08. The summed E-state index contributed by atoms with van der Waals surface area (Å²) in [6.07, 6.45) is 11.6. The highest BCUT2D eigenvalue weighted by molar-refractivity contribution is 5.81. The van der Waals surface area contributed by atoms with E-state index in [4.69, 9.17) is 0 Å². The zero-order chi connectivity index (χ0) is 10.8. The van der Waals surface area contributed by atoms with Crippen molar-refractivity contribution in [1.82, 2.24) is 19.9 Å². The molecule has 0 atom stereocenters. The van der Waals surface area contributed by atoms with Crippen molar-refractivity contribution in [3.05, 3.63) is 37.0 Å². The Kier molecular flexibility index (Phi) is 2.14. The van der Waals surface area contributed by atoms with Crippen molar-refractivity contribution in [3.63, 3.8) is 0 Å². The van der Waals surface area contributed by atoms with E-state index in [9.17, 15) is 0 Å². The van der Waals surface area contributed by atoms with Crippen LogP contribution in [0.4, 0.5) is 5.82 Å². The van der Waals surface area contributed by atoms with Gasteiger partial charge in [-0.15, -0.1) is 0 Å². The Hall–Kier alpha value is -2.17. The van der Waals surface area contributed by atoms with Crippen molar-refractivity contribution in [2.75, 3.05) is 11.9 Å². The molecule has 2 N–H and O–H groups in total. The van der Waals surface area contributed by atoms with Gasteiger partial charge in [0.1, 0.15) is 11.8 Å². The summed E-state index contributed by atoms with van der Waals surface area (Å²) in [5.74, 6) is 1.24. The molecule has 80 valence electrons. The van der Waals surface area contributed by atoms with Crippen molar-refractivity contribution < 1.29 is 0 Å². The third kappa shape index (κ3) is 1.56. The summed E-state index contributed by atoms with van der Waals surface area (Å²) in [4.78, 5) is 15.4. The molecule has 16 heavy (non-hydrogen) atoms. The molecule has 0 saturated heterocycles. The molecular formula is C11H11N5. The maximum atomic E-state index is 4.20. The first-order chi connectivity index (χ1) is 7.93. The molecule has 2 heterocycles. The molecule has 3 rings (SSSR count). The minimum absolute atomic E-state index is 0.438. The number of H-pyrrole nitrogens is 1. The van der Waals surface area contributed by atoms with Gasteiger partial charge in [0.25, 0.3) is 0 Å². The molecule has 0 aromatic carbocycles. The van der Waals surface area contributed by atoms with Crippen molar-refractivity contribution in [2.45, 2.75) is 0 Å². The molecule has 1 aliphatic carbocycles. The third-order valence-electron chi connectivity index (χ3n) is 2.56. The van der Waals surface area contributed by atoms with Crippen molar-refractivity contribution in [2.24, 2.45) is 5.92 Å². The van der Waals surface area contributed by atoms with Crippen molar-refractivity contribution >= 4 is 17.0 Å². The van der Waals surface area contributed by atoms with Crippen LogP contribution in [-0.4, -0.2) is 26.5 Å². The molecule has 1 aliphatic rings. The second kappa shape index (κ2) is 3.77. The monoisotopic (exact) mass is 213 g/mol. The van der Waals surface area contributed by atoms with Crippen molar-refractivity contribution in [3.8, 4) is 0 Å². The number of hydrogen-bond donors (Lipinski definition) is 2. The normalized spacial score (nSPS) is 15.0. The van der Waals surface area contributed by atoms with Crippen LogP contribution in [0.1, 0.15) is 0 Å². The molecule has 2 aromatic rings. The molecule has 2 aromatic heterocycles. The van der Waals surface area contributed by atoms with Crippen LogP contribution in [0, 0.1) is 5.92 Å². The van der Waals surface area contributed by atoms with Gasteiger partial charge in [-0.25, -0.2) is 15.0 Å². The van der Waals surface area contributed by atoms with Crippen LogP contribution in [-0.2, 0) is 0 Å². The maximum absolute atomic E-state index is 4.20. The maximum Gasteiger partial charge on any atom is 0.182 e. The van der Waals surface area contributed by atoms with Crippen LogP contribution in [0.15, 0.2) is 37.0 Å². The Bertz CT molecular complexity index is 542. The molecule has 0 spiro atoms. The predicted molar refractivity (Wildman–Crippen MR) is 61.9 cm³/mol. The lowest BCUT2D eigenvalue weighted by atomic mass is 10.2. The fourth-order valence-electron chi connectivity index (χ4n) is 1.73. The zero-order valence-electron chi connectivity index (χ0n) is 8.59. The van der Waals surface area contributed by atoms with Crippen LogP contribution in [0.3, 0.4) is 0 Å². The highest BCUT2D eigenvalue weighted by Crippen LogP contribution is 2.16. The number of anilines is 1. The molecule has 0 unspecified atom stereocenters. The largest absolute Gasteiger partial charge is 0.367 e. The van der Waals surface area contributed by atoms with Gasteiger partial charge in [0.2, 0.25) is 0 Å². The van der Waals surface area contributed by atoms with Gasteiger partial charge < -0.3 is 10.3 Å². The van der Waals surface area contributed by atoms with E-state index in [-0.39, 0.29) is 0 Å². The standard InChI is InChI=1S/C11H11N5/c1-2-4-8(3-1)5-12-10-9-11(14-6-13-9)16-7-15-10/h1-4,6-8H,5H2,(H2,12,13,14,15,16). The highest BCUT2D eigenvalue weighted by atomic mass is 15.1. The molecule has 0 amide bonds. The molecule has 5 heteroatoms. The molecule has 0 bridgehead atoms. The van der Waals surface area contributed by atoms with Crippen LogP contribution in [0.25, 0.3) is 11.2 Å². The summed E-state index contributed by atoms with van der Waals surface area (Å²) in [6.45, 7) is 0.831. The fourth-order valence-corrected chi connectivity index (χ4v) is 1.73. The number of imidazole rings is 1. The van der Waals surface area contributed by atoms with Gasteiger partial charge in [0.05, 0.1) is 6.33 Å². The van der Waals surface area contributed by atoms with Crippen LogP contribution < -0.4 is 5.32 Å². The van der Waals surface area contributed by atoms with E-state index in [1.165, 1.54) is 6.33 Å². The average molecular weight is 213 g/mol. The van der Waals surface area contributed by atoms with Crippen LogP contribution in [0.2, 0.25) is 0 Å². The first kappa shape index (κ1) is 9.08. The summed E-state index contributed by atoms with van der Waals surface area (Å²) in [5.41, 5.74) is 1.54. The Balaban J connectivity index is 1.80. The highest BCUT2D eigenvalue weighted by Gasteiger charge is 2.07. The number of fused-ring (bicyclic) bond motifs is 1. The average Bonchev–Trinajstić information content (AvgIpc) is 2.97. The number of nitrogens with one attached hydrogen (secondary N) is 2. The van der Waals surface area contributed by atoms with Gasteiger partial charge in [-0.1, -0.05) is 24.3 Å². The first-order valence-corrected chi connectivity index (χ1v) is 5.16. The Morgan fingerprint density at radius 3 is 2.94 bits per heavy atom. The molecule has 0 radical (unpaired) electrons. The predicted octanol–water partition coefficient (Wildman–Crippen LogP) is 1.51. The van der Waals surface area contributed by atoms with E-state index in [2.05, 4.69) is 49.6 Å². The van der Waals surface area contributed by atoms with Gasteiger partial charge >= 0.3 is 0 Å². The SMILES string of the molecule is C1=CC(CNc2ncnc3nc[nH]c23)C=C1. The first-order valence-electron chi connectivity index (χ1n) is 5.16. The van der Waals surface area contributed by atoms with E-state index in [1.807, 2.05) is 0 Å². The molecule has 0 saturated carbocycles. The van der Waals surface area contributed by atoms with Gasteiger partial charge in [0, 0.05) is 12.5 Å². The summed E-state index contributed by atoms with van der Waals surface area (Å²) in [7, 11) is 0.